The predicted molar refractivity (Wildman–Crippen MR) is 419 cm³/mol. The number of urea groups is 1. The van der Waals surface area contributed by atoms with Crippen LogP contribution in [0.25, 0.3) is 31.9 Å². The molecule has 7 aromatic rings. The number of ether oxygens (including phenoxy) is 7. The molecule has 1 saturated heterocycles. The van der Waals surface area contributed by atoms with E-state index in [4.69, 9.17) is 50.5 Å². The first-order chi connectivity index (χ1) is 53.9. The summed E-state index contributed by atoms with van der Waals surface area (Å²) in [6.45, 7) is 10.9. The lowest BCUT2D eigenvalue weighted by atomic mass is 9.97. The number of H-pyrrole nitrogens is 2. The number of halogens is 1. The lowest BCUT2D eigenvalue weighted by Gasteiger charge is -2.34. The Hall–Kier alpha value is -10.7. The second-order valence-electron chi connectivity index (χ2n) is 27.6. The van der Waals surface area contributed by atoms with E-state index in [0.717, 1.165) is 74.8 Å². The van der Waals surface area contributed by atoms with Crippen LogP contribution in [0.5, 0.6) is 11.5 Å². The van der Waals surface area contributed by atoms with Crippen LogP contribution < -0.4 is 46.3 Å². The Morgan fingerprint density at radius 1 is 0.723 bits per heavy atom. The maximum Gasteiger partial charge on any atom is 0.415 e. The Bertz CT molecular complexity index is 4540. The van der Waals surface area contributed by atoms with Gasteiger partial charge in [-0.3, -0.25) is 48.3 Å². The Kier molecular flexibility index (Phi) is 30.3. The van der Waals surface area contributed by atoms with Crippen molar-refractivity contribution in [3.63, 3.8) is 0 Å². The van der Waals surface area contributed by atoms with Crippen LogP contribution in [0.15, 0.2) is 96.4 Å². The molecule has 32 nitrogen and oxygen atoms in total. The van der Waals surface area contributed by atoms with Crippen molar-refractivity contribution >= 4 is 137 Å². The van der Waals surface area contributed by atoms with Gasteiger partial charge in [-0.15, -0.1) is 22.9 Å². The van der Waals surface area contributed by atoms with Crippen molar-refractivity contribution in [1.29, 1.82) is 0 Å². The van der Waals surface area contributed by atoms with Gasteiger partial charge in [0.05, 0.1) is 63.2 Å². The number of carbonyl (C=O) groups is 11. The first-order valence-corrected chi connectivity index (χ1v) is 38.6. The molecule has 1 fully saturated rings. The predicted octanol–water partition coefficient (Wildman–Crippen LogP) is 7.84. The Morgan fingerprint density at radius 3 is 2.04 bits per heavy atom. The number of imide groups is 1. The van der Waals surface area contributed by atoms with Gasteiger partial charge >= 0.3 is 24.2 Å². The summed E-state index contributed by atoms with van der Waals surface area (Å²) in [5.41, 5.74) is 10.8. The van der Waals surface area contributed by atoms with Gasteiger partial charge in [-0.25, -0.2) is 19.2 Å². The molecule has 0 spiro atoms. The quantitative estimate of drug-likeness (QED) is 0.0103. The molecule has 34 heteroatoms. The van der Waals surface area contributed by atoms with Crippen molar-refractivity contribution in [2.24, 2.45) is 11.7 Å². The minimum absolute atomic E-state index is 0.00525. The molecular formula is C78H96ClN13O19S. The molecule has 0 unspecified atom stereocenters. The molecule has 112 heavy (non-hydrogen) atoms. The third-order valence-electron chi connectivity index (χ3n) is 19.2. The number of anilines is 3. The number of nitrogens with zero attached hydrogens (tertiary/aromatic N) is 6. The van der Waals surface area contributed by atoms with E-state index in [-0.39, 0.29) is 171 Å². The highest BCUT2D eigenvalue weighted by Gasteiger charge is 2.39. The largest absolute Gasteiger partial charge is 0.492 e. The Morgan fingerprint density at radius 2 is 1.37 bits per heavy atom. The van der Waals surface area contributed by atoms with E-state index in [9.17, 15) is 57.8 Å². The molecule has 4 aromatic carbocycles. The summed E-state index contributed by atoms with van der Waals surface area (Å²) in [4.78, 5) is 159. The van der Waals surface area contributed by atoms with E-state index in [2.05, 4.69) is 36.1 Å². The summed E-state index contributed by atoms with van der Waals surface area (Å²) in [5.74, 6) is -4.12. The second-order valence-corrected chi connectivity index (χ2v) is 28.8. The number of benzene rings is 4. The average Bonchev–Trinajstić information content (AvgIpc) is 1.57. The number of amides is 11. The van der Waals surface area contributed by atoms with Crippen LogP contribution >= 0.6 is 22.9 Å². The summed E-state index contributed by atoms with van der Waals surface area (Å²) in [7, 11) is 3.02. The molecule has 3 atom stereocenters. The van der Waals surface area contributed by atoms with E-state index in [1.165, 1.54) is 60.2 Å². The number of carboxylic acid groups (broad SMARTS) is 1. The molecule has 10 rings (SSSR count). The first kappa shape index (κ1) is 83.8. The minimum Gasteiger partial charge on any atom is -0.492 e. The number of alkyl halides is 1. The molecule has 3 aromatic heterocycles. The van der Waals surface area contributed by atoms with Crippen molar-refractivity contribution in [2.75, 3.05) is 153 Å². The molecule has 6 heterocycles. The number of nitrogens with one attached hydrogen (secondary N) is 6. The number of hydrogen-bond donors (Lipinski definition) is 8. The third kappa shape index (κ3) is 22.6. The topological polar surface area (TPSA) is 398 Å². The standard InChI is InChI=1S/C78H96ClN13O19S/c1-48(2)70(86-65(94)21-30-105-33-35-107-37-38-108-36-34-106-31-23-81-64(93)20-26-90-66(95)18-19-67(90)96)74(99)92(61(75(100)101)9-8-22-82-76(80)102)55-13-10-50(11-14-55)46-110-77(103)87(4)27-28-88(5)78(104)111-63-43-62-69(68-49(3)47-112-71(63)68)53(44-79)45-91(62)73(98)60-42-51-39-54(12-16-57(51)85-60)83-72(97)59-41-52-40-56(15-17-58(52)84-59)109-32-29-89-24-6-7-25-89/h10-19,39-43,47-48,53,61,70,84-85H,6-9,20-38,44-46H2,1-5H3,(H,81,93)(H,83,97)(H,86,94)(H,100,101)(H3,80,82,102)/t53-,61+,70+/m1/s1. The monoisotopic (exact) mass is 1590 g/mol. The van der Waals surface area contributed by atoms with Gasteiger partial charge in [0.2, 0.25) is 11.8 Å². The maximum atomic E-state index is 14.7. The fraction of sp³-hybridized carbons (Fsp3) is 0.449. The zero-order chi connectivity index (χ0) is 80.0. The molecule has 0 radical (unpaired) electrons. The number of aryl methyl sites for hydroxylation is 1. The summed E-state index contributed by atoms with van der Waals surface area (Å²) in [6.07, 6.45) is 3.12. The van der Waals surface area contributed by atoms with Gasteiger partial charge in [0, 0.05) is 141 Å². The number of aromatic nitrogens is 2. The molecule has 3 aliphatic rings. The second kappa shape index (κ2) is 40.5. The molecule has 600 valence electrons. The normalized spacial score (nSPS) is 14.6. The number of rotatable bonds is 42. The Labute approximate surface area is 655 Å². The van der Waals surface area contributed by atoms with Crippen LogP contribution in [0.1, 0.15) is 96.0 Å². The van der Waals surface area contributed by atoms with E-state index in [0.29, 0.717) is 44.8 Å². The van der Waals surface area contributed by atoms with Gasteiger partial charge in [-0.2, -0.15) is 0 Å². The Balaban J connectivity index is 0.675. The van der Waals surface area contributed by atoms with E-state index < -0.39 is 65.8 Å². The van der Waals surface area contributed by atoms with Crippen molar-refractivity contribution in [3.05, 3.63) is 124 Å². The lowest BCUT2D eigenvalue weighted by Crippen LogP contribution is -2.56. The van der Waals surface area contributed by atoms with Crippen molar-refractivity contribution in [3.8, 4) is 11.5 Å². The third-order valence-corrected chi connectivity index (χ3v) is 20.7. The number of carboxylic acids is 1. The summed E-state index contributed by atoms with van der Waals surface area (Å²) in [6, 6.07) is 18.9. The van der Waals surface area contributed by atoms with Gasteiger partial charge in [0.15, 0.2) is 5.75 Å². The van der Waals surface area contributed by atoms with Crippen LogP contribution in [0.4, 0.5) is 31.4 Å². The SMILES string of the molecule is Cc1csc2c(OC(=O)N(C)CCN(C)C(=O)OCc3ccc(N(C(=O)[C@@H](NC(=O)CCOCCOCCOCCOCCNC(=O)CCN4C(=O)C=CC4=O)C(C)C)[C@@H](CCCNC(N)=O)C(=O)O)cc3)cc3c(c12)[C@H](CCl)CN3C(=O)c1cc2cc(NC(=O)c3cc4cc(OCCN5CCCC5)ccc4[nH]3)ccc2[nH]1. The first-order valence-electron chi connectivity index (χ1n) is 37.2. The number of likely N-dealkylation sites (tertiary alicyclic amines) is 1. The number of likely N-dealkylation sites (N-methyl/N-ethyl adjacent to an activating group) is 2. The van der Waals surface area contributed by atoms with Gasteiger partial charge in [-0.05, 0) is 134 Å². The molecular weight excluding hydrogens is 1490 g/mol. The molecule has 9 N–H and O–H groups in total. The van der Waals surface area contributed by atoms with Crippen LogP contribution in [0.3, 0.4) is 0 Å². The average molecular weight is 1590 g/mol. The van der Waals surface area contributed by atoms with E-state index in [1.807, 2.05) is 30.5 Å². The van der Waals surface area contributed by atoms with Crippen molar-refractivity contribution in [2.45, 2.75) is 83.9 Å². The number of nitrogens with two attached hydrogens (primary N) is 1. The highest BCUT2D eigenvalue weighted by molar-refractivity contribution is 7.17. The van der Waals surface area contributed by atoms with Gasteiger partial charge in [0.1, 0.15) is 42.4 Å². The lowest BCUT2D eigenvalue weighted by molar-refractivity contribution is -0.141. The van der Waals surface area contributed by atoms with Crippen LogP contribution in [-0.2, 0) is 59.1 Å². The molecule has 0 bridgehead atoms. The summed E-state index contributed by atoms with van der Waals surface area (Å²) < 4.78 is 40.6. The maximum absolute atomic E-state index is 14.7. The van der Waals surface area contributed by atoms with Crippen LogP contribution in [0.2, 0.25) is 0 Å². The van der Waals surface area contributed by atoms with Gasteiger partial charge < -0.3 is 89.9 Å². The minimum atomic E-state index is -1.47. The van der Waals surface area contributed by atoms with Gasteiger partial charge in [0.25, 0.3) is 29.5 Å². The van der Waals surface area contributed by atoms with Crippen LogP contribution in [-0.4, -0.2) is 251 Å². The zero-order valence-corrected chi connectivity index (χ0v) is 64.8. The number of fused-ring (bicyclic) bond motifs is 5. The van der Waals surface area contributed by atoms with E-state index in [1.54, 1.807) is 67.3 Å². The van der Waals surface area contributed by atoms with Crippen molar-refractivity contribution < 1.29 is 91.0 Å². The molecule has 0 saturated carbocycles. The number of aliphatic carboxylic acids is 1. The smallest absolute Gasteiger partial charge is 0.415 e. The fourth-order valence-electron chi connectivity index (χ4n) is 13.1. The number of hydrogen-bond acceptors (Lipinski definition) is 20. The number of aromatic amines is 2. The molecule has 0 aliphatic carbocycles. The number of thiophene rings is 1. The van der Waals surface area contributed by atoms with Gasteiger partial charge in [-0.1, -0.05) is 26.0 Å². The summed E-state index contributed by atoms with van der Waals surface area (Å²) in [5, 5.41) is 25.7. The highest BCUT2D eigenvalue weighted by atomic mass is 35.5. The van der Waals surface area contributed by atoms with Crippen LogP contribution in [0, 0.1) is 12.8 Å². The van der Waals surface area contributed by atoms with E-state index >= 15 is 0 Å². The molecule has 3 aliphatic heterocycles. The molecule has 11 amide bonds. The summed E-state index contributed by atoms with van der Waals surface area (Å²) >= 11 is 8.06. The number of primary amides is 1. The number of carbonyl (C=O) groups excluding carboxylic acids is 10. The zero-order valence-electron chi connectivity index (χ0n) is 63.3. The fourth-order valence-corrected chi connectivity index (χ4v) is 14.4. The van der Waals surface area contributed by atoms with Crippen molar-refractivity contribution in [1.82, 2.24) is 45.5 Å². The highest BCUT2D eigenvalue weighted by Crippen LogP contribution is 2.49.